The Morgan fingerprint density at radius 3 is 1.97 bits per heavy atom. The van der Waals surface area contributed by atoms with Crippen molar-refractivity contribution in [2.45, 2.75) is 58.2 Å². The third-order valence-corrected chi connectivity index (χ3v) is 4.19. The molecule has 1 heterocycles. The summed E-state index contributed by atoms with van der Waals surface area (Å²) >= 11 is 0. The van der Waals surface area contributed by atoms with Crippen molar-refractivity contribution in [1.29, 1.82) is 0 Å². The normalized spacial score (nSPS) is 25.7. The summed E-state index contributed by atoms with van der Waals surface area (Å²) in [5, 5.41) is 9.85. The highest BCUT2D eigenvalue weighted by Crippen LogP contribution is 2.38. The summed E-state index contributed by atoms with van der Waals surface area (Å²) in [6, 6.07) is 6.00. The molecule has 10 heteroatoms. The van der Waals surface area contributed by atoms with Crippen LogP contribution in [0, 0.1) is 0 Å². The summed E-state index contributed by atoms with van der Waals surface area (Å²) in [4.78, 5) is 46.5. The molecule has 0 spiro atoms. The Labute approximate surface area is 173 Å². The number of ether oxygens (including phenoxy) is 5. The number of phenols is 1. The van der Waals surface area contributed by atoms with Crippen molar-refractivity contribution in [1.82, 2.24) is 0 Å². The SMILES string of the molecule is CC(=O)OC[C@H]1OC(c2cccc(O)c2)[C@@H](OC(C)=O)[C@H](OC(C)=O)[C@@H]1OC(C)=O. The molecule has 0 aromatic heterocycles. The second kappa shape index (κ2) is 10.1. The van der Waals surface area contributed by atoms with Crippen molar-refractivity contribution < 1.29 is 48.0 Å². The summed E-state index contributed by atoms with van der Waals surface area (Å²) < 4.78 is 27.0. The van der Waals surface area contributed by atoms with Crippen LogP contribution >= 0.6 is 0 Å². The van der Waals surface area contributed by atoms with Crippen LogP contribution in [0.15, 0.2) is 24.3 Å². The van der Waals surface area contributed by atoms with E-state index in [0.29, 0.717) is 5.56 Å². The van der Waals surface area contributed by atoms with Gasteiger partial charge in [0.2, 0.25) is 0 Å². The highest BCUT2D eigenvalue weighted by atomic mass is 16.7. The molecule has 5 atom stereocenters. The van der Waals surface area contributed by atoms with Crippen LogP contribution in [0.1, 0.15) is 39.4 Å². The zero-order valence-corrected chi connectivity index (χ0v) is 17.0. The average Bonchev–Trinajstić information content (AvgIpc) is 2.62. The molecule has 0 bridgehead atoms. The quantitative estimate of drug-likeness (QED) is 0.524. The molecule has 10 nitrogen and oxygen atoms in total. The minimum atomic E-state index is -1.25. The number of rotatable bonds is 6. The number of carbonyl (C=O) groups is 4. The number of hydrogen-bond donors (Lipinski definition) is 1. The molecule has 2 rings (SSSR count). The van der Waals surface area contributed by atoms with E-state index in [9.17, 15) is 24.3 Å². The Bertz CT molecular complexity index is 805. The molecule has 164 valence electrons. The van der Waals surface area contributed by atoms with Gasteiger partial charge in [-0.15, -0.1) is 0 Å². The molecule has 1 unspecified atom stereocenters. The number of carbonyl (C=O) groups excluding carboxylic acids is 4. The lowest BCUT2D eigenvalue weighted by Gasteiger charge is -2.44. The fourth-order valence-electron chi connectivity index (χ4n) is 3.20. The van der Waals surface area contributed by atoms with Crippen molar-refractivity contribution in [3.05, 3.63) is 29.8 Å². The van der Waals surface area contributed by atoms with Crippen molar-refractivity contribution in [2.24, 2.45) is 0 Å². The van der Waals surface area contributed by atoms with Gasteiger partial charge in [-0.3, -0.25) is 19.2 Å². The molecule has 0 aliphatic carbocycles. The van der Waals surface area contributed by atoms with Gasteiger partial charge in [-0.2, -0.15) is 0 Å². The van der Waals surface area contributed by atoms with Gasteiger partial charge in [0.15, 0.2) is 18.3 Å². The van der Waals surface area contributed by atoms with Crippen molar-refractivity contribution in [3.63, 3.8) is 0 Å². The van der Waals surface area contributed by atoms with Crippen LogP contribution in [0.25, 0.3) is 0 Å². The van der Waals surface area contributed by atoms with E-state index in [4.69, 9.17) is 23.7 Å². The number of phenolic OH excluding ortho intramolecular Hbond substituents is 1. The van der Waals surface area contributed by atoms with Gasteiger partial charge < -0.3 is 28.8 Å². The van der Waals surface area contributed by atoms with Gasteiger partial charge in [0.05, 0.1) is 0 Å². The lowest BCUT2D eigenvalue weighted by molar-refractivity contribution is -0.254. The lowest BCUT2D eigenvalue weighted by Crippen LogP contribution is -2.59. The summed E-state index contributed by atoms with van der Waals surface area (Å²) in [5.74, 6) is -2.77. The minimum absolute atomic E-state index is 0.0691. The van der Waals surface area contributed by atoms with E-state index >= 15 is 0 Å². The maximum atomic E-state index is 11.8. The second-order valence-corrected chi connectivity index (χ2v) is 6.71. The van der Waals surface area contributed by atoms with Gasteiger partial charge in [-0.05, 0) is 17.7 Å². The predicted molar refractivity (Wildman–Crippen MR) is 99.0 cm³/mol. The van der Waals surface area contributed by atoms with Crippen LogP contribution in [0.4, 0.5) is 0 Å². The minimum Gasteiger partial charge on any atom is -0.508 e. The van der Waals surface area contributed by atoms with E-state index in [2.05, 4.69) is 0 Å². The predicted octanol–water partition coefficient (Wildman–Crippen LogP) is 1.19. The highest BCUT2D eigenvalue weighted by molar-refractivity contribution is 5.68. The molecule has 1 fully saturated rings. The van der Waals surface area contributed by atoms with Crippen LogP contribution in [-0.2, 0) is 42.9 Å². The molecule has 1 aliphatic rings. The third kappa shape index (κ3) is 6.18. The summed E-state index contributed by atoms with van der Waals surface area (Å²) in [5.41, 5.74) is 0.410. The number of hydrogen-bond acceptors (Lipinski definition) is 10. The fourth-order valence-corrected chi connectivity index (χ4v) is 3.20. The molecular formula is C20H24O10. The first kappa shape index (κ1) is 23.1. The van der Waals surface area contributed by atoms with Gasteiger partial charge in [-0.25, -0.2) is 0 Å². The van der Waals surface area contributed by atoms with Gasteiger partial charge in [0.25, 0.3) is 0 Å². The summed E-state index contributed by atoms with van der Waals surface area (Å²) in [6.07, 6.45) is -5.73. The Balaban J connectivity index is 2.53. The second-order valence-electron chi connectivity index (χ2n) is 6.71. The first-order chi connectivity index (χ1) is 14.1. The molecule has 0 saturated carbocycles. The topological polar surface area (TPSA) is 135 Å². The van der Waals surface area contributed by atoms with Crippen molar-refractivity contribution in [3.8, 4) is 5.75 Å². The molecule has 1 aliphatic heterocycles. The first-order valence-electron chi connectivity index (χ1n) is 9.18. The standard InChI is InChI=1S/C20H24O10/c1-10(21)26-9-16-18(27-11(2)22)20(29-13(4)24)19(28-12(3)23)17(30-16)14-6-5-7-15(25)8-14/h5-8,16-20,25H,9H2,1-4H3/t16-,17?,18-,19-,20-/m1/s1. The first-order valence-corrected chi connectivity index (χ1v) is 9.18. The molecule has 1 saturated heterocycles. The summed E-state index contributed by atoms with van der Waals surface area (Å²) in [7, 11) is 0. The smallest absolute Gasteiger partial charge is 0.303 e. The third-order valence-electron chi connectivity index (χ3n) is 4.19. The van der Waals surface area contributed by atoms with E-state index in [-0.39, 0.29) is 12.4 Å². The van der Waals surface area contributed by atoms with Gasteiger partial charge in [0.1, 0.15) is 24.6 Å². The Kier molecular flexibility index (Phi) is 7.76. The number of benzene rings is 1. The van der Waals surface area contributed by atoms with E-state index in [1.54, 1.807) is 12.1 Å². The zero-order valence-electron chi connectivity index (χ0n) is 17.0. The van der Waals surface area contributed by atoms with Crippen LogP contribution in [0.2, 0.25) is 0 Å². The van der Waals surface area contributed by atoms with Crippen molar-refractivity contribution in [2.75, 3.05) is 6.61 Å². The Morgan fingerprint density at radius 1 is 0.867 bits per heavy atom. The number of aromatic hydroxyl groups is 1. The monoisotopic (exact) mass is 424 g/mol. The van der Waals surface area contributed by atoms with E-state index in [1.165, 1.54) is 19.1 Å². The van der Waals surface area contributed by atoms with Gasteiger partial charge in [-0.1, -0.05) is 12.1 Å². The average molecular weight is 424 g/mol. The van der Waals surface area contributed by atoms with E-state index in [1.807, 2.05) is 0 Å². The maximum Gasteiger partial charge on any atom is 0.303 e. The van der Waals surface area contributed by atoms with E-state index in [0.717, 1.165) is 20.8 Å². The molecule has 1 aromatic carbocycles. The van der Waals surface area contributed by atoms with Crippen LogP contribution in [0.3, 0.4) is 0 Å². The summed E-state index contributed by atoms with van der Waals surface area (Å²) in [6.45, 7) is 4.34. The van der Waals surface area contributed by atoms with Gasteiger partial charge in [0, 0.05) is 27.7 Å². The molecule has 1 N–H and O–H groups in total. The fraction of sp³-hybridized carbons (Fsp3) is 0.500. The molecule has 30 heavy (non-hydrogen) atoms. The molecular weight excluding hydrogens is 400 g/mol. The van der Waals surface area contributed by atoms with Crippen LogP contribution in [0.5, 0.6) is 5.75 Å². The Hall–Kier alpha value is -3.14. The molecule has 0 radical (unpaired) electrons. The zero-order chi connectivity index (χ0) is 22.4. The molecule has 1 aromatic rings. The lowest BCUT2D eigenvalue weighted by atomic mass is 9.90. The Morgan fingerprint density at radius 2 is 1.43 bits per heavy atom. The number of esters is 4. The van der Waals surface area contributed by atoms with Crippen LogP contribution in [-0.4, -0.2) is 60.0 Å². The van der Waals surface area contributed by atoms with E-state index < -0.39 is 54.4 Å². The highest BCUT2D eigenvalue weighted by Gasteiger charge is 2.52. The van der Waals surface area contributed by atoms with Crippen molar-refractivity contribution >= 4 is 23.9 Å². The van der Waals surface area contributed by atoms with Crippen LogP contribution < -0.4 is 0 Å². The molecule has 0 amide bonds. The maximum absolute atomic E-state index is 11.8. The van der Waals surface area contributed by atoms with Gasteiger partial charge >= 0.3 is 23.9 Å². The largest absolute Gasteiger partial charge is 0.508 e.